The lowest BCUT2D eigenvalue weighted by Crippen LogP contribution is -2.45. The molecule has 0 radical (unpaired) electrons. The van der Waals surface area contributed by atoms with Crippen molar-refractivity contribution >= 4 is 0 Å². The van der Waals surface area contributed by atoms with Crippen LogP contribution in [0.3, 0.4) is 0 Å². The summed E-state index contributed by atoms with van der Waals surface area (Å²) in [7, 11) is 1.81. The Balaban J connectivity index is 1.93. The highest BCUT2D eigenvalue weighted by Gasteiger charge is 2.51. The lowest BCUT2D eigenvalue weighted by molar-refractivity contribution is -0.183. The molecule has 0 aromatic carbocycles. The summed E-state index contributed by atoms with van der Waals surface area (Å²) in [6.07, 6.45) is -1.19. The molecule has 0 aromatic heterocycles. The number of alkyl halides is 3. The van der Waals surface area contributed by atoms with E-state index < -0.39 is 12.8 Å². The molecule has 1 saturated heterocycles. The Morgan fingerprint density at radius 2 is 2.11 bits per heavy atom. The van der Waals surface area contributed by atoms with Gasteiger partial charge in [0, 0.05) is 18.6 Å². The summed E-state index contributed by atoms with van der Waals surface area (Å²) in [4.78, 5) is 0. The monoisotopic (exact) mass is 267 g/mol. The van der Waals surface area contributed by atoms with Gasteiger partial charge in [-0.1, -0.05) is 0 Å². The van der Waals surface area contributed by atoms with E-state index in [9.17, 15) is 13.2 Å². The summed E-state index contributed by atoms with van der Waals surface area (Å²) < 4.78 is 47.0. The molecule has 2 unspecified atom stereocenters. The smallest absolute Gasteiger partial charge is 0.377 e. The molecule has 2 fully saturated rings. The second-order valence-corrected chi connectivity index (χ2v) is 5.38. The van der Waals surface area contributed by atoms with Crippen LogP contribution in [-0.2, 0) is 9.47 Å². The van der Waals surface area contributed by atoms with E-state index in [1.165, 1.54) is 0 Å². The van der Waals surface area contributed by atoms with Crippen LogP contribution in [0.5, 0.6) is 0 Å². The van der Waals surface area contributed by atoms with Crippen molar-refractivity contribution < 1.29 is 22.6 Å². The maximum absolute atomic E-state index is 12.1. The zero-order chi connectivity index (χ0) is 13.2. The van der Waals surface area contributed by atoms with E-state index in [1.807, 2.05) is 7.05 Å². The minimum absolute atomic E-state index is 0.0539. The molecule has 2 rings (SSSR count). The lowest BCUT2D eigenvalue weighted by Gasteiger charge is -2.34. The first kappa shape index (κ1) is 14.1. The molecular formula is C12H20F3NO2. The predicted octanol–water partition coefficient (Wildman–Crippen LogP) is 1.97. The van der Waals surface area contributed by atoms with Crippen molar-refractivity contribution in [2.24, 2.45) is 11.3 Å². The van der Waals surface area contributed by atoms with Gasteiger partial charge in [0.2, 0.25) is 0 Å². The van der Waals surface area contributed by atoms with Gasteiger partial charge in [-0.25, -0.2) is 0 Å². The number of halogens is 3. The number of hydrogen-bond acceptors (Lipinski definition) is 3. The molecule has 2 atom stereocenters. The van der Waals surface area contributed by atoms with Crippen molar-refractivity contribution in [3.8, 4) is 0 Å². The molecule has 0 aromatic rings. The minimum Gasteiger partial charge on any atom is -0.377 e. The van der Waals surface area contributed by atoms with Crippen LogP contribution in [0.2, 0.25) is 0 Å². The van der Waals surface area contributed by atoms with Crippen LogP contribution in [0, 0.1) is 11.3 Å². The first-order valence-corrected chi connectivity index (χ1v) is 6.37. The summed E-state index contributed by atoms with van der Waals surface area (Å²) in [5.74, 6) is 0.510. The van der Waals surface area contributed by atoms with Crippen LogP contribution in [0.25, 0.3) is 0 Å². The highest BCUT2D eigenvalue weighted by atomic mass is 19.4. The molecule has 1 saturated carbocycles. The van der Waals surface area contributed by atoms with E-state index in [-0.39, 0.29) is 18.1 Å². The van der Waals surface area contributed by atoms with Gasteiger partial charge in [0.15, 0.2) is 0 Å². The van der Waals surface area contributed by atoms with Gasteiger partial charge >= 0.3 is 6.18 Å². The molecule has 1 aliphatic carbocycles. The molecule has 0 bridgehead atoms. The SMILES string of the molecule is CNCC1(COCC(F)(F)F)CCOC1C1CC1. The van der Waals surface area contributed by atoms with Gasteiger partial charge in [-0.2, -0.15) is 13.2 Å². The van der Waals surface area contributed by atoms with Gasteiger partial charge in [0.1, 0.15) is 6.61 Å². The second kappa shape index (κ2) is 5.35. The van der Waals surface area contributed by atoms with Crippen molar-refractivity contribution in [2.45, 2.75) is 31.5 Å². The van der Waals surface area contributed by atoms with E-state index in [1.54, 1.807) is 0 Å². The zero-order valence-corrected chi connectivity index (χ0v) is 10.6. The number of ether oxygens (including phenoxy) is 2. The Hall–Kier alpha value is -0.330. The Bertz CT molecular complexity index is 281. The Labute approximate surface area is 105 Å². The Morgan fingerprint density at radius 1 is 1.39 bits per heavy atom. The van der Waals surface area contributed by atoms with Crippen molar-refractivity contribution in [1.29, 1.82) is 0 Å². The fourth-order valence-corrected chi connectivity index (χ4v) is 2.86. The minimum atomic E-state index is -4.25. The Kier molecular flexibility index (Phi) is 4.18. The van der Waals surface area contributed by atoms with Gasteiger partial charge in [-0.15, -0.1) is 0 Å². The fourth-order valence-electron chi connectivity index (χ4n) is 2.86. The summed E-state index contributed by atoms with van der Waals surface area (Å²) in [5, 5.41) is 3.07. The third-order valence-electron chi connectivity index (χ3n) is 3.74. The fraction of sp³-hybridized carbons (Fsp3) is 1.00. The first-order valence-electron chi connectivity index (χ1n) is 6.37. The third kappa shape index (κ3) is 3.36. The molecule has 0 spiro atoms. The average Bonchev–Trinajstić information content (AvgIpc) is 3.01. The van der Waals surface area contributed by atoms with E-state index in [2.05, 4.69) is 5.32 Å². The van der Waals surface area contributed by atoms with E-state index in [0.717, 1.165) is 19.3 Å². The van der Waals surface area contributed by atoms with E-state index in [0.29, 0.717) is 19.1 Å². The molecule has 0 amide bonds. The number of hydrogen-bond donors (Lipinski definition) is 1. The standard InChI is InChI=1S/C12H20F3NO2/c1-16-6-11(7-17-8-12(13,14)15)4-5-18-10(11)9-2-3-9/h9-10,16H,2-8H2,1H3. The van der Waals surface area contributed by atoms with Crippen LogP contribution in [0.1, 0.15) is 19.3 Å². The summed E-state index contributed by atoms with van der Waals surface area (Å²) >= 11 is 0. The van der Waals surface area contributed by atoms with Crippen molar-refractivity contribution in [1.82, 2.24) is 5.32 Å². The van der Waals surface area contributed by atoms with Crippen LogP contribution in [0.15, 0.2) is 0 Å². The highest BCUT2D eigenvalue weighted by Crippen LogP contribution is 2.47. The lowest BCUT2D eigenvalue weighted by atomic mass is 9.79. The van der Waals surface area contributed by atoms with Gasteiger partial charge in [0.25, 0.3) is 0 Å². The van der Waals surface area contributed by atoms with Crippen molar-refractivity contribution in [2.75, 3.05) is 33.4 Å². The van der Waals surface area contributed by atoms with Crippen LogP contribution >= 0.6 is 0 Å². The topological polar surface area (TPSA) is 30.5 Å². The normalized spacial score (nSPS) is 33.0. The third-order valence-corrected chi connectivity index (χ3v) is 3.74. The molecule has 6 heteroatoms. The molecule has 1 N–H and O–H groups in total. The summed E-state index contributed by atoms with van der Waals surface area (Å²) in [6.45, 7) is 0.217. The Morgan fingerprint density at radius 3 is 2.67 bits per heavy atom. The maximum atomic E-state index is 12.1. The molecule has 1 aliphatic heterocycles. The van der Waals surface area contributed by atoms with E-state index >= 15 is 0 Å². The average molecular weight is 267 g/mol. The van der Waals surface area contributed by atoms with Gasteiger partial charge in [-0.3, -0.25) is 0 Å². The summed E-state index contributed by atoms with van der Waals surface area (Å²) in [6, 6.07) is 0. The second-order valence-electron chi connectivity index (χ2n) is 5.38. The first-order chi connectivity index (χ1) is 8.47. The van der Waals surface area contributed by atoms with Crippen molar-refractivity contribution in [3.63, 3.8) is 0 Å². The molecule has 2 aliphatic rings. The maximum Gasteiger partial charge on any atom is 0.411 e. The summed E-state index contributed by atoms with van der Waals surface area (Å²) in [5.41, 5.74) is -0.291. The largest absolute Gasteiger partial charge is 0.411 e. The molecule has 3 nitrogen and oxygen atoms in total. The van der Waals surface area contributed by atoms with Crippen molar-refractivity contribution in [3.05, 3.63) is 0 Å². The van der Waals surface area contributed by atoms with Gasteiger partial charge in [0.05, 0.1) is 12.7 Å². The molecule has 1 heterocycles. The number of nitrogens with one attached hydrogen (secondary N) is 1. The zero-order valence-electron chi connectivity index (χ0n) is 10.6. The molecule has 18 heavy (non-hydrogen) atoms. The molecular weight excluding hydrogens is 247 g/mol. The van der Waals surface area contributed by atoms with Crippen LogP contribution < -0.4 is 5.32 Å². The van der Waals surface area contributed by atoms with Crippen LogP contribution in [0.4, 0.5) is 13.2 Å². The number of rotatable bonds is 6. The predicted molar refractivity (Wildman–Crippen MR) is 60.3 cm³/mol. The van der Waals surface area contributed by atoms with Gasteiger partial charge in [-0.05, 0) is 32.2 Å². The van der Waals surface area contributed by atoms with Crippen LogP contribution in [-0.4, -0.2) is 45.7 Å². The molecule has 106 valence electrons. The van der Waals surface area contributed by atoms with Gasteiger partial charge < -0.3 is 14.8 Å². The quantitative estimate of drug-likeness (QED) is 0.798. The van der Waals surface area contributed by atoms with E-state index in [4.69, 9.17) is 9.47 Å². The highest BCUT2D eigenvalue weighted by molar-refractivity contribution is 5.00.